The Morgan fingerprint density at radius 2 is 1.79 bits per heavy atom. The third-order valence-electron chi connectivity index (χ3n) is 2.36. The van der Waals surface area contributed by atoms with Crippen LogP contribution in [0.25, 0.3) is 11.0 Å². The van der Waals surface area contributed by atoms with E-state index in [2.05, 4.69) is 15.2 Å². The highest BCUT2D eigenvalue weighted by Crippen LogP contribution is 2.20. The second kappa shape index (κ2) is 5.56. The molecule has 0 radical (unpaired) electrons. The molecule has 19 heavy (non-hydrogen) atoms. The fourth-order valence-electron chi connectivity index (χ4n) is 1.57. The fraction of sp³-hybridized carbons (Fsp3) is 0.364. The molecule has 0 aliphatic carbocycles. The van der Waals surface area contributed by atoms with Gasteiger partial charge in [-0.3, -0.25) is 0 Å². The number of rotatable bonds is 4. The van der Waals surface area contributed by atoms with E-state index >= 15 is 0 Å². The Hall–Kier alpha value is -1.63. The molecule has 8 heteroatoms. The topological polar surface area (TPSA) is 41.9 Å². The van der Waals surface area contributed by atoms with Crippen molar-refractivity contribution in [2.75, 3.05) is 23.9 Å². The first-order valence-corrected chi connectivity index (χ1v) is 6.00. The van der Waals surface area contributed by atoms with Crippen LogP contribution < -0.4 is 4.90 Å². The standard InChI is InChI=1S/C11H10ClF3N4/c12-5-6-19(7-11(13,14)15)10-16-8-3-1-2-4-9(8)17-18-10/h1-4H,5-7H2. The van der Waals surface area contributed by atoms with E-state index < -0.39 is 12.7 Å². The fourth-order valence-corrected chi connectivity index (χ4v) is 1.78. The minimum absolute atomic E-state index is 0.00108. The van der Waals surface area contributed by atoms with Crippen LogP contribution in [0.2, 0.25) is 0 Å². The number of alkyl halides is 4. The average Bonchev–Trinajstić information content (AvgIpc) is 2.36. The Balaban J connectivity index is 2.33. The zero-order valence-corrected chi connectivity index (χ0v) is 10.5. The van der Waals surface area contributed by atoms with E-state index in [9.17, 15) is 13.2 Å². The highest BCUT2D eigenvalue weighted by molar-refractivity contribution is 6.18. The molecule has 0 atom stereocenters. The Morgan fingerprint density at radius 1 is 1.11 bits per heavy atom. The van der Waals surface area contributed by atoms with E-state index in [0.717, 1.165) is 4.90 Å². The molecule has 4 nitrogen and oxygen atoms in total. The molecule has 0 bridgehead atoms. The summed E-state index contributed by atoms with van der Waals surface area (Å²) >= 11 is 5.51. The van der Waals surface area contributed by atoms with Crippen LogP contribution in [0.4, 0.5) is 19.1 Å². The molecule has 0 N–H and O–H groups in total. The highest BCUT2D eigenvalue weighted by atomic mass is 35.5. The lowest BCUT2D eigenvalue weighted by molar-refractivity contribution is -0.119. The summed E-state index contributed by atoms with van der Waals surface area (Å²) in [7, 11) is 0. The summed E-state index contributed by atoms with van der Waals surface area (Å²) in [4.78, 5) is 5.04. The van der Waals surface area contributed by atoms with E-state index in [1.807, 2.05) is 0 Å². The van der Waals surface area contributed by atoms with Gasteiger partial charge in [-0.05, 0) is 12.1 Å². The number of fused-ring (bicyclic) bond motifs is 1. The second-order valence-corrected chi connectivity index (χ2v) is 4.20. The lowest BCUT2D eigenvalue weighted by atomic mass is 10.3. The molecule has 0 aliphatic rings. The van der Waals surface area contributed by atoms with Gasteiger partial charge in [0.2, 0.25) is 5.95 Å². The second-order valence-electron chi connectivity index (χ2n) is 3.83. The first-order chi connectivity index (χ1) is 8.99. The first kappa shape index (κ1) is 13.8. The van der Waals surface area contributed by atoms with Crippen LogP contribution in [0.3, 0.4) is 0 Å². The number of halogens is 4. The average molecular weight is 291 g/mol. The maximum absolute atomic E-state index is 12.5. The van der Waals surface area contributed by atoms with Gasteiger partial charge in [0, 0.05) is 12.4 Å². The summed E-state index contributed by atoms with van der Waals surface area (Å²) in [6, 6.07) is 6.84. The summed E-state index contributed by atoms with van der Waals surface area (Å²) in [6.07, 6.45) is -4.35. The Bertz CT molecular complexity index is 561. The molecule has 0 saturated heterocycles. The molecule has 1 aromatic heterocycles. The molecule has 2 aromatic rings. The third-order valence-corrected chi connectivity index (χ3v) is 2.53. The molecular weight excluding hydrogens is 281 g/mol. The molecule has 0 fully saturated rings. The van der Waals surface area contributed by atoms with Gasteiger partial charge in [-0.15, -0.1) is 21.8 Å². The number of hydrogen-bond acceptors (Lipinski definition) is 4. The maximum atomic E-state index is 12.5. The Kier molecular flexibility index (Phi) is 4.04. The summed E-state index contributed by atoms with van der Waals surface area (Å²) in [5, 5.41) is 7.57. The van der Waals surface area contributed by atoms with Crippen molar-refractivity contribution in [1.29, 1.82) is 0 Å². The van der Waals surface area contributed by atoms with Gasteiger partial charge in [0.05, 0.1) is 5.52 Å². The number of hydrogen-bond donors (Lipinski definition) is 0. The van der Waals surface area contributed by atoms with Crippen molar-refractivity contribution >= 4 is 28.6 Å². The molecule has 0 amide bonds. The molecule has 102 valence electrons. The molecule has 2 rings (SSSR count). The van der Waals surface area contributed by atoms with Crippen molar-refractivity contribution in [1.82, 2.24) is 15.2 Å². The van der Waals surface area contributed by atoms with Crippen molar-refractivity contribution in [3.63, 3.8) is 0 Å². The van der Waals surface area contributed by atoms with Crippen LogP contribution in [0.5, 0.6) is 0 Å². The van der Waals surface area contributed by atoms with Gasteiger partial charge in [0.1, 0.15) is 12.1 Å². The van der Waals surface area contributed by atoms with Gasteiger partial charge >= 0.3 is 6.18 Å². The number of anilines is 1. The van der Waals surface area contributed by atoms with E-state index in [1.54, 1.807) is 24.3 Å². The number of nitrogens with zero attached hydrogens (tertiary/aromatic N) is 4. The maximum Gasteiger partial charge on any atom is 0.406 e. The van der Waals surface area contributed by atoms with Gasteiger partial charge in [0.25, 0.3) is 0 Å². The van der Waals surface area contributed by atoms with Crippen LogP contribution in [-0.4, -0.2) is 40.3 Å². The minimum Gasteiger partial charge on any atom is -0.329 e. The summed E-state index contributed by atoms with van der Waals surface area (Å²) in [6.45, 7) is -1.15. The molecule has 1 heterocycles. The number of para-hydroxylation sites is 1. The molecule has 0 aliphatic heterocycles. The largest absolute Gasteiger partial charge is 0.406 e. The van der Waals surface area contributed by atoms with Crippen LogP contribution in [0, 0.1) is 0 Å². The predicted octanol–water partition coefficient (Wildman–Crippen LogP) is 2.63. The molecule has 0 spiro atoms. The SMILES string of the molecule is FC(F)(F)CN(CCCl)c1nnc2ccccc2n1. The Morgan fingerprint density at radius 3 is 2.42 bits per heavy atom. The van der Waals surface area contributed by atoms with Crippen LogP contribution in [0.15, 0.2) is 24.3 Å². The quantitative estimate of drug-likeness (QED) is 0.812. The van der Waals surface area contributed by atoms with Crippen molar-refractivity contribution in [2.24, 2.45) is 0 Å². The van der Waals surface area contributed by atoms with Crippen LogP contribution in [-0.2, 0) is 0 Å². The van der Waals surface area contributed by atoms with Crippen molar-refractivity contribution in [3.05, 3.63) is 24.3 Å². The van der Waals surface area contributed by atoms with Gasteiger partial charge < -0.3 is 4.90 Å². The summed E-state index contributed by atoms with van der Waals surface area (Å²) in [5.74, 6) is -0.0246. The van der Waals surface area contributed by atoms with Crippen molar-refractivity contribution in [3.8, 4) is 0 Å². The van der Waals surface area contributed by atoms with E-state index in [-0.39, 0.29) is 18.4 Å². The number of benzene rings is 1. The van der Waals surface area contributed by atoms with Gasteiger partial charge in [-0.2, -0.15) is 13.2 Å². The minimum atomic E-state index is -4.35. The molecule has 0 saturated carbocycles. The van der Waals surface area contributed by atoms with Crippen molar-refractivity contribution < 1.29 is 13.2 Å². The highest BCUT2D eigenvalue weighted by Gasteiger charge is 2.31. The zero-order valence-electron chi connectivity index (χ0n) is 9.73. The Labute approximate surface area is 112 Å². The first-order valence-electron chi connectivity index (χ1n) is 5.47. The van der Waals surface area contributed by atoms with Crippen LogP contribution in [0.1, 0.15) is 0 Å². The predicted molar refractivity (Wildman–Crippen MR) is 66.3 cm³/mol. The van der Waals surface area contributed by atoms with E-state index in [1.165, 1.54) is 0 Å². The van der Waals surface area contributed by atoms with Gasteiger partial charge in [-0.1, -0.05) is 12.1 Å². The van der Waals surface area contributed by atoms with E-state index in [0.29, 0.717) is 11.0 Å². The van der Waals surface area contributed by atoms with E-state index in [4.69, 9.17) is 11.6 Å². The van der Waals surface area contributed by atoms with Crippen LogP contribution >= 0.6 is 11.6 Å². The normalized spacial score (nSPS) is 11.8. The lowest BCUT2D eigenvalue weighted by Gasteiger charge is -2.22. The third kappa shape index (κ3) is 3.66. The zero-order chi connectivity index (χ0) is 13.9. The number of aromatic nitrogens is 3. The monoisotopic (exact) mass is 290 g/mol. The molecule has 0 unspecified atom stereocenters. The smallest absolute Gasteiger partial charge is 0.329 e. The summed E-state index contributed by atoms with van der Waals surface area (Å²) in [5.41, 5.74) is 1.03. The van der Waals surface area contributed by atoms with Crippen molar-refractivity contribution in [2.45, 2.75) is 6.18 Å². The lowest BCUT2D eigenvalue weighted by Crippen LogP contribution is -2.37. The van der Waals surface area contributed by atoms with Gasteiger partial charge in [0.15, 0.2) is 0 Å². The van der Waals surface area contributed by atoms with Gasteiger partial charge in [-0.25, -0.2) is 4.98 Å². The molecular formula is C11H10ClF3N4. The molecule has 1 aromatic carbocycles. The summed E-state index contributed by atoms with van der Waals surface area (Å²) < 4.78 is 37.4.